The molecular weight excluding hydrogens is 353 g/mol. The van der Waals surface area contributed by atoms with Crippen molar-refractivity contribution in [1.29, 1.82) is 0 Å². The Bertz CT molecular complexity index is 852. The highest BCUT2D eigenvalue weighted by Crippen LogP contribution is 2.21. The monoisotopic (exact) mass is 370 g/mol. The lowest BCUT2D eigenvalue weighted by atomic mass is 10.2. The highest BCUT2D eigenvalue weighted by atomic mass is 19.2. The van der Waals surface area contributed by atoms with Gasteiger partial charge in [-0.05, 0) is 13.8 Å². The summed E-state index contributed by atoms with van der Waals surface area (Å²) in [5.41, 5.74) is 0.749. The standard InChI is InChI=1S/C16H17F3N4O3/c1-8-14(9(2)23(22-8)4-5-26-3)21-16(25)15(24)20-13-7-11(18)10(17)6-12(13)19/h6-7H,4-5H2,1-3H3,(H,20,24)(H,21,25). The van der Waals surface area contributed by atoms with Crippen molar-refractivity contribution in [2.24, 2.45) is 0 Å². The Labute approximate surface area is 147 Å². The smallest absolute Gasteiger partial charge is 0.314 e. The van der Waals surface area contributed by atoms with Gasteiger partial charge in [0.2, 0.25) is 0 Å². The van der Waals surface area contributed by atoms with Crippen molar-refractivity contribution in [1.82, 2.24) is 9.78 Å². The zero-order valence-electron chi connectivity index (χ0n) is 14.3. The number of aryl methyl sites for hydroxylation is 1. The summed E-state index contributed by atoms with van der Waals surface area (Å²) in [4.78, 5) is 23.9. The van der Waals surface area contributed by atoms with Gasteiger partial charge in [-0.25, -0.2) is 13.2 Å². The molecule has 2 rings (SSSR count). The molecule has 0 saturated carbocycles. The predicted octanol–water partition coefficient (Wildman–Crippen LogP) is 2.14. The molecule has 0 atom stereocenters. The van der Waals surface area contributed by atoms with Gasteiger partial charge in [0.15, 0.2) is 11.6 Å². The van der Waals surface area contributed by atoms with Crippen LogP contribution in [0, 0.1) is 31.3 Å². The maximum Gasteiger partial charge on any atom is 0.314 e. The molecule has 1 aromatic heterocycles. The summed E-state index contributed by atoms with van der Waals surface area (Å²) in [5, 5.41) is 8.49. The van der Waals surface area contributed by atoms with E-state index in [4.69, 9.17) is 4.74 Å². The van der Waals surface area contributed by atoms with Crippen LogP contribution in [0.15, 0.2) is 12.1 Å². The lowest BCUT2D eigenvalue weighted by Gasteiger charge is -2.08. The van der Waals surface area contributed by atoms with E-state index in [1.165, 1.54) is 7.11 Å². The fourth-order valence-corrected chi connectivity index (χ4v) is 2.24. The summed E-state index contributed by atoms with van der Waals surface area (Å²) in [7, 11) is 1.54. The largest absolute Gasteiger partial charge is 0.383 e. The quantitative estimate of drug-likeness (QED) is 0.624. The minimum Gasteiger partial charge on any atom is -0.383 e. The number of carbonyl (C=O) groups is 2. The Kier molecular flexibility index (Phi) is 5.98. The number of anilines is 2. The third kappa shape index (κ3) is 4.20. The second-order valence-electron chi connectivity index (χ2n) is 5.42. The van der Waals surface area contributed by atoms with Crippen molar-refractivity contribution in [3.05, 3.63) is 41.0 Å². The molecule has 0 aliphatic carbocycles. The van der Waals surface area contributed by atoms with Gasteiger partial charge >= 0.3 is 11.8 Å². The second kappa shape index (κ2) is 8.00. The third-order valence-corrected chi connectivity index (χ3v) is 3.59. The molecule has 1 heterocycles. The van der Waals surface area contributed by atoms with E-state index in [-0.39, 0.29) is 6.07 Å². The van der Waals surface area contributed by atoms with Gasteiger partial charge in [-0.1, -0.05) is 0 Å². The van der Waals surface area contributed by atoms with E-state index in [1.807, 2.05) is 5.32 Å². The van der Waals surface area contributed by atoms with Gasteiger partial charge in [0.25, 0.3) is 0 Å². The van der Waals surface area contributed by atoms with Crippen molar-refractivity contribution in [2.75, 3.05) is 24.4 Å². The fraction of sp³-hybridized carbons (Fsp3) is 0.312. The Morgan fingerprint density at radius 3 is 2.35 bits per heavy atom. The summed E-state index contributed by atoms with van der Waals surface area (Å²) in [6.45, 7) is 4.19. The molecule has 0 spiro atoms. The highest BCUT2D eigenvalue weighted by molar-refractivity contribution is 6.43. The number of ether oxygens (including phenoxy) is 1. The summed E-state index contributed by atoms with van der Waals surface area (Å²) in [5.74, 6) is -6.30. The first-order chi connectivity index (χ1) is 12.2. The zero-order valence-corrected chi connectivity index (χ0v) is 14.3. The van der Waals surface area contributed by atoms with Gasteiger partial charge in [-0.3, -0.25) is 14.3 Å². The molecule has 7 nitrogen and oxygen atoms in total. The van der Waals surface area contributed by atoms with Gasteiger partial charge in [0.05, 0.1) is 35.9 Å². The van der Waals surface area contributed by atoms with Crippen LogP contribution >= 0.6 is 0 Å². The van der Waals surface area contributed by atoms with Crippen LogP contribution in [0.2, 0.25) is 0 Å². The van der Waals surface area contributed by atoms with Gasteiger partial charge in [-0.15, -0.1) is 0 Å². The number of nitrogens with one attached hydrogen (secondary N) is 2. The minimum atomic E-state index is -1.40. The van der Waals surface area contributed by atoms with Crippen LogP contribution in [-0.2, 0) is 20.9 Å². The predicted molar refractivity (Wildman–Crippen MR) is 87.2 cm³/mol. The van der Waals surface area contributed by atoms with E-state index in [0.717, 1.165) is 0 Å². The SMILES string of the molecule is COCCn1nc(C)c(NC(=O)C(=O)Nc2cc(F)c(F)cc2F)c1C. The first-order valence-electron chi connectivity index (χ1n) is 7.54. The van der Waals surface area contributed by atoms with E-state index in [1.54, 1.807) is 18.5 Å². The van der Waals surface area contributed by atoms with Crippen molar-refractivity contribution >= 4 is 23.2 Å². The molecular formula is C16H17F3N4O3. The van der Waals surface area contributed by atoms with Gasteiger partial charge in [-0.2, -0.15) is 5.10 Å². The molecule has 0 fully saturated rings. The van der Waals surface area contributed by atoms with E-state index in [2.05, 4.69) is 10.4 Å². The lowest BCUT2D eigenvalue weighted by molar-refractivity contribution is -0.133. The van der Waals surface area contributed by atoms with Crippen LogP contribution in [0.3, 0.4) is 0 Å². The molecule has 2 aromatic rings. The molecule has 0 radical (unpaired) electrons. The molecule has 2 N–H and O–H groups in total. The van der Waals surface area contributed by atoms with Crippen LogP contribution in [0.5, 0.6) is 0 Å². The summed E-state index contributed by atoms with van der Waals surface area (Å²) < 4.78 is 46.2. The lowest BCUT2D eigenvalue weighted by Crippen LogP contribution is -2.30. The molecule has 2 amide bonds. The summed E-state index contributed by atoms with van der Waals surface area (Å²) >= 11 is 0. The Morgan fingerprint density at radius 1 is 1.08 bits per heavy atom. The fourth-order valence-electron chi connectivity index (χ4n) is 2.24. The number of rotatable bonds is 5. The van der Waals surface area contributed by atoms with E-state index in [0.29, 0.717) is 36.3 Å². The number of benzene rings is 1. The number of nitrogens with zero attached hydrogens (tertiary/aromatic N) is 2. The topological polar surface area (TPSA) is 85.2 Å². The first-order valence-corrected chi connectivity index (χ1v) is 7.54. The maximum atomic E-state index is 13.6. The van der Waals surface area contributed by atoms with Crippen LogP contribution < -0.4 is 10.6 Å². The molecule has 0 aliphatic heterocycles. The van der Waals surface area contributed by atoms with Gasteiger partial charge in [0, 0.05) is 19.2 Å². The molecule has 10 heteroatoms. The van der Waals surface area contributed by atoms with Crippen LogP contribution in [0.4, 0.5) is 24.5 Å². The molecule has 0 saturated heterocycles. The molecule has 140 valence electrons. The van der Waals surface area contributed by atoms with Crippen molar-refractivity contribution in [3.8, 4) is 0 Å². The average Bonchev–Trinajstić information content (AvgIpc) is 2.85. The van der Waals surface area contributed by atoms with Crippen LogP contribution in [-0.4, -0.2) is 35.3 Å². The van der Waals surface area contributed by atoms with Crippen molar-refractivity contribution in [2.45, 2.75) is 20.4 Å². The molecule has 26 heavy (non-hydrogen) atoms. The Morgan fingerprint density at radius 2 is 1.69 bits per heavy atom. The minimum absolute atomic E-state index is 0.275. The van der Waals surface area contributed by atoms with E-state index in [9.17, 15) is 22.8 Å². The number of methoxy groups -OCH3 is 1. The third-order valence-electron chi connectivity index (χ3n) is 3.59. The number of aromatic nitrogens is 2. The number of hydrogen-bond acceptors (Lipinski definition) is 4. The molecule has 0 aliphatic rings. The molecule has 0 bridgehead atoms. The summed E-state index contributed by atoms with van der Waals surface area (Å²) in [6.07, 6.45) is 0. The first kappa shape index (κ1) is 19.4. The highest BCUT2D eigenvalue weighted by Gasteiger charge is 2.21. The molecule has 1 aromatic carbocycles. The number of hydrogen-bond donors (Lipinski definition) is 2. The Hall–Kier alpha value is -2.88. The van der Waals surface area contributed by atoms with Gasteiger partial charge in [0.1, 0.15) is 5.82 Å². The zero-order chi connectivity index (χ0) is 19.4. The number of amides is 2. The van der Waals surface area contributed by atoms with Crippen LogP contribution in [0.1, 0.15) is 11.4 Å². The van der Waals surface area contributed by atoms with Crippen molar-refractivity contribution < 1.29 is 27.5 Å². The number of carbonyl (C=O) groups excluding carboxylic acids is 2. The second-order valence-corrected chi connectivity index (χ2v) is 5.42. The Balaban J connectivity index is 2.12. The summed E-state index contributed by atoms with van der Waals surface area (Å²) in [6, 6.07) is 0.728. The average molecular weight is 370 g/mol. The molecule has 0 unspecified atom stereocenters. The maximum absolute atomic E-state index is 13.6. The van der Waals surface area contributed by atoms with E-state index < -0.39 is 35.0 Å². The van der Waals surface area contributed by atoms with Gasteiger partial charge < -0.3 is 15.4 Å². The normalized spacial score (nSPS) is 10.7. The van der Waals surface area contributed by atoms with Crippen molar-refractivity contribution in [3.63, 3.8) is 0 Å². The van der Waals surface area contributed by atoms with E-state index >= 15 is 0 Å². The number of halogens is 3. The van der Waals surface area contributed by atoms with Crippen LogP contribution in [0.25, 0.3) is 0 Å².